The maximum absolute atomic E-state index is 12.8. The molecule has 38 heavy (non-hydrogen) atoms. The summed E-state index contributed by atoms with van der Waals surface area (Å²) >= 11 is 0. The first-order valence-corrected chi connectivity index (χ1v) is 13.1. The molecule has 200 valence electrons. The summed E-state index contributed by atoms with van der Waals surface area (Å²) in [6, 6.07) is 11.7. The Kier molecular flexibility index (Phi) is 7.59. The van der Waals surface area contributed by atoms with E-state index in [0.29, 0.717) is 42.7 Å². The van der Waals surface area contributed by atoms with Crippen molar-refractivity contribution in [1.29, 1.82) is 0 Å². The van der Waals surface area contributed by atoms with Gasteiger partial charge in [-0.05, 0) is 85.5 Å². The largest absolute Gasteiger partial charge is 0.493 e. The number of rotatable bonds is 8. The molecule has 1 saturated heterocycles. The molecule has 1 aliphatic carbocycles. The molecule has 10 heteroatoms. The van der Waals surface area contributed by atoms with E-state index < -0.39 is 11.9 Å². The van der Waals surface area contributed by atoms with Gasteiger partial charge < -0.3 is 26.0 Å². The van der Waals surface area contributed by atoms with Gasteiger partial charge in [-0.25, -0.2) is 4.79 Å². The highest BCUT2D eigenvalue weighted by atomic mass is 16.5. The van der Waals surface area contributed by atoms with Gasteiger partial charge in [0, 0.05) is 30.8 Å². The van der Waals surface area contributed by atoms with Crippen LogP contribution in [0.5, 0.6) is 5.75 Å². The standard InChI is InChI=1S/C28H33N5O5/c29-13-17-1-2-19(11-17)16-38-22-6-4-21(5-7-22)31-28(37)30-14-18-3-8-23-20(12-18)15-33(27(23)36)24-9-10-25(34)32-26(24)35/h3-8,12,17,19,24H,1-2,9-11,13-16,29H2,(H2,30,31,37)(H,32,34,35)/t17-,19+,24?/m0/s1. The van der Waals surface area contributed by atoms with Crippen molar-refractivity contribution in [3.05, 3.63) is 59.2 Å². The highest BCUT2D eigenvalue weighted by Crippen LogP contribution is 2.31. The molecule has 2 fully saturated rings. The second kappa shape index (κ2) is 11.2. The topological polar surface area (TPSA) is 143 Å². The fourth-order valence-electron chi connectivity index (χ4n) is 5.49. The summed E-state index contributed by atoms with van der Waals surface area (Å²) < 4.78 is 5.92. The van der Waals surface area contributed by atoms with Crippen molar-refractivity contribution in [1.82, 2.24) is 15.5 Å². The van der Waals surface area contributed by atoms with E-state index in [-0.39, 0.29) is 30.8 Å². The van der Waals surface area contributed by atoms with Gasteiger partial charge in [-0.15, -0.1) is 0 Å². The SMILES string of the molecule is NC[C@H]1CC[C@@H](COc2ccc(NC(=O)NCc3ccc4c(c3)CN(C3CCC(=O)NC3=O)C4=O)cc2)C1. The second-order valence-electron chi connectivity index (χ2n) is 10.3. The first-order valence-electron chi connectivity index (χ1n) is 13.1. The third kappa shape index (κ3) is 5.80. The zero-order valence-electron chi connectivity index (χ0n) is 21.2. The number of benzene rings is 2. The molecule has 2 aromatic carbocycles. The van der Waals surface area contributed by atoms with Crippen LogP contribution in [-0.4, -0.2) is 47.8 Å². The minimum Gasteiger partial charge on any atom is -0.493 e. The summed E-state index contributed by atoms with van der Waals surface area (Å²) in [7, 11) is 0. The van der Waals surface area contributed by atoms with E-state index in [0.717, 1.165) is 36.3 Å². The number of piperidine rings is 1. The number of anilines is 1. The third-order valence-corrected chi connectivity index (χ3v) is 7.62. The van der Waals surface area contributed by atoms with Crippen molar-refractivity contribution in [3.63, 3.8) is 0 Å². The van der Waals surface area contributed by atoms with Gasteiger partial charge in [0.2, 0.25) is 11.8 Å². The molecule has 5 amide bonds. The Hall–Kier alpha value is -3.92. The molecular weight excluding hydrogens is 486 g/mol. The normalized spacial score (nSPS) is 22.7. The lowest BCUT2D eigenvalue weighted by Gasteiger charge is -2.29. The number of hydrogen-bond acceptors (Lipinski definition) is 6. The number of nitrogens with one attached hydrogen (secondary N) is 3. The van der Waals surface area contributed by atoms with Gasteiger partial charge in [0.05, 0.1) is 6.61 Å². The van der Waals surface area contributed by atoms with Gasteiger partial charge in [-0.2, -0.15) is 0 Å². The van der Waals surface area contributed by atoms with Crippen LogP contribution in [-0.2, 0) is 22.7 Å². The molecule has 2 aromatic rings. The Bertz CT molecular complexity index is 1230. The van der Waals surface area contributed by atoms with Gasteiger partial charge in [0.25, 0.3) is 5.91 Å². The number of ether oxygens (including phenoxy) is 1. The number of carbonyl (C=O) groups excluding carboxylic acids is 4. The molecule has 2 aliphatic heterocycles. The summed E-state index contributed by atoms with van der Waals surface area (Å²) in [6.07, 6.45) is 3.98. The van der Waals surface area contributed by atoms with Crippen molar-refractivity contribution in [3.8, 4) is 5.75 Å². The van der Waals surface area contributed by atoms with Crippen LogP contribution in [0.2, 0.25) is 0 Å². The van der Waals surface area contributed by atoms with Crippen molar-refractivity contribution in [2.75, 3.05) is 18.5 Å². The van der Waals surface area contributed by atoms with Crippen molar-refractivity contribution >= 4 is 29.4 Å². The van der Waals surface area contributed by atoms with Crippen molar-refractivity contribution in [2.24, 2.45) is 17.6 Å². The van der Waals surface area contributed by atoms with Crippen LogP contribution in [0.3, 0.4) is 0 Å². The lowest BCUT2D eigenvalue weighted by molar-refractivity contribution is -0.136. The van der Waals surface area contributed by atoms with Gasteiger partial charge in [0.1, 0.15) is 11.8 Å². The highest BCUT2D eigenvalue weighted by Gasteiger charge is 2.39. The Balaban J connectivity index is 1.09. The van der Waals surface area contributed by atoms with Gasteiger partial charge >= 0.3 is 6.03 Å². The van der Waals surface area contributed by atoms with Crippen LogP contribution in [0.1, 0.15) is 53.6 Å². The van der Waals surface area contributed by atoms with Crippen LogP contribution in [0.25, 0.3) is 0 Å². The molecule has 5 rings (SSSR count). The molecule has 3 atom stereocenters. The minimum absolute atomic E-state index is 0.215. The zero-order chi connectivity index (χ0) is 26.6. The molecule has 10 nitrogen and oxygen atoms in total. The zero-order valence-corrected chi connectivity index (χ0v) is 21.2. The first kappa shape index (κ1) is 25.7. The fourth-order valence-corrected chi connectivity index (χ4v) is 5.49. The Morgan fingerprint density at radius 1 is 1.05 bits per heavy atom. The van der Waals surface area contributed by atoms with Gasteiger partial charge in [-0.1, -0.05) is 12.1 Å². The number of nitrogens with two attached hydrogens (primary N) is 1. The Labute approximate surface area is 221 Å². The van der Waals surface area contributed by atoms with E-state index in [1.165, 1.54) is 11.3 Å². The van der Waals surface area contributed by atoms with Crippen LogP contribution in [0.15, 0.2) is 42.5 Å². The lowest BCUT2D eigenvalue weighted by atomic mass is 10.0. The number of urea groups is 1. The quantitative estimate of drug-likeness (QED) is 0.395. The van der Waals surface area contributed by atoms with E-state index in [1.54, 1.807) is 24.3 Å². The van der Waals surface area contributed by atoms with E-state index >= 15 is 0 Å². The highest BCUT2D eigenvalue weighted by molar-refractivity contribution is 6.05. The molecule has 0 aromatic heterocycles. The van der Waals surface area contributed by atoms with E-state index in [4.69, 9.17) is 10.5 Å². The minimum atomic E-state index is -0.650. The van der Waals surface area contributed by atoms with E-state index in [2.05, 4.69) is 16.0 Å². The van der Waals surface area contributed by atoms with Crippen molar-refractivity contribution in [2.45, 2.75) is 51.2 Å². The van der Waals surface area contributed by atoms with Crippen molar-refractivity contribution < 1.29 is 23.9 Å². The summed E-state index contributed by atoms with van der Waals surface area (Å²) in [4.78, 5) is 50.4. The van der Waals surface area contributed by atoms with Crippen LogP contribution < -0.4 is 26.4 Å². The monoisotopic (exact) mass is 519 g/mol. The lowest BCUT2D eigenvalue weighted by Crippen LogP contribution is -2.52. The maximum atomic E-state index is 12.8. The van der Waals surface area contributed by atoms with Crippen LogP contribution in [0, 0.1) is 11.8 Å². The third-order valence-electron chi connectivity index (χ3n) is 7.62. The predicted molar refractivity (Wildman–Crippen MR) is 140 cm³/mol. The summed E-state index contributed by atoms with van der Waals surface area (Å²) in [6.45, 7) is 2.00. The average Bonchev–Trinajstić information content (AvgIpc) is 3.51. The Morgan fingerprint density at radius 2 is 1.84 bits per heavy atom. The Morgan fingerprint density at radius 3 is 2.58 bits per heavy atom. The fraction of sp³-hybridized carbons (Fsp3) is 0.429. The number of nitrogens with zero attached hydrogens (tertiary/aromatic N) is 1. The molecular formula is C28H33N5O5. The first-order chi connectivity index (χ1) is 18.4. The molecule has 0 spiro atoms. The van der Waals surface area contributed by atoms with E-state index in [9.17, 15) is 19.2 Å². The molecule has 0 radical (unpaired) electrons. The molecule has 0 bridgehead atoms. The maximum Gasteiger partial charge on any atom is 0.319 e. The smallest absolute Gasteiger partial charge is 0.319 e. The number of amides is 5. The van der Waals surface area contributed by atoms with Crippen LogP contribution >= 0.6 is 0 Å². The molecule has 1 saturated carbocycles. The second-order valence-corrected chi connectivity index (χ2v) is 10.3. The molecule has 2 heterocycles. The van der Waals surface area contributed by atoms with Crippen LogP contribution in [0.4, 0.5) is 10.5 Å². The number of carbonyl (C=O) groups is 4. The number of imide groups is 1. The average molecular weight is 520 g/mol. The molecule has 3 aliphatic rings. The van der Waals surface area contributed by atoms with E-state index in [1.807, 2.05) is 18.2 Å². The number of hydrogen-bond donors (Lipinski definition) is 4. The summed E-state index contributed by atoms with van der Waals surface area (Å²) in [5.41, 5.74) is 8.59. The van der Waals surface area contributed by atoms with Gasteiger partial charge in [0.15, 0.2) is 0 Å². The molecule has 1 unspecified atom stereocenters. The summed E-state index contributed by atoms with van der Waals surface area (Å²) in [5.74, 6) is 0.959. The number of fused-ring (bicyclic) bond motifs is 1. The predicted octanol–water partition coefficient (Wildman–Crippen LogP) is 2.52. The molecule has 5 N–H and O–H groups in total. The van der Waals surface area contributed by atoms with Gasteiger partial charge in [-0.3, -0.25) is 19.7 Å². The summed E-state index contributed by atoms with van der Waals surface area (Å²) in [5, 5.41) is 7.95.